The SMILES string of the molecule is CCCN(C(=O)C1CC(c2ccc(F)cc2)NN1)C1CCNC1.Cl. The minimum atomic E-state index is -0.241. The number of rotatable bonds is 5. The second-order valence-corrected chi connectivity index (χ2v) is 6.36. The Kier molecular flexibility index (Phi) is 6.98. The number of amides is 1. The molecule has 0 aliphatic carbocycles. The first-order chi connectivity index (χ1) is 11.2. The van der Waals surface area contributed by atoms with Gasteiger partial charge in [-0.3, -0.25) is 4.79 Å². The van der Waals surface area contributed by atoms with E-state index in [0.29, 0.717) is 12.5 Å². The Labute approximate surface area is 148 Å². The molecule has 0 radical (unpaired) electrons. The molecule has 3 unspecified atom stereocenters. The van der Waals surface area contributed by atoms with E-state index in [4.69, 9.17) is 0 Å². The van der Waals surface area contributed by atoms with E-state index in [-0.39, 0.29) is 36.2 Å². The molecule has 134 valence electrons. The summed E-state index contributed by atoms with van der Waals surface area (Å²) in [7, 11) is 0. The Morgan fingerprint density at radius 3 is 2.67 bits per heavy atom. The summed E-state index contributed by atoms with van der Waals surface area (Å²) in [4.78, 5) is 14.9. The van der Waals surface area contributed by atoms with E-state index in [0.717, 1.165) is 38.0 Å². The van der Waals surface area contributed by atoms with Crippen molar-refractivity contribution >= 4 is 18.3 Å². The van der Waals surface area contributed by atoms with Gasteiger partial charge in [0.2, 0.25) is 5.91 Å². The van der Waals surface area contributed by atoms with Gasteiger partial charge in [-0.1, -0.05) is 19.1 Å². The van der Waals surface area contributed by atoms with E-state index in [1.807, 2.05) is 4.90 Å². The topological polar surface area (TPSA) is 56.4 Å². The van der Waals surface area contributed by atoms with Gasteiger partial charge >= 0.3 is 0 Å². The minimum Gasteiger partial charge on any atom is -0.337 e. The van der Waals surface area contributed by atoms with Crippen LogP contribution in [0.25, 0.3) is 0 Å². The van der Waals surface area contributed by atoms with Gasteiger partial charge in [-0.15, -0.1) is 12.4 Å². The van der Waals surface area contributed by atoms with Crippen molar-refractivity contribution in [3.05, 3.63) is 35.6 Å². The molecule has 2 aliphatic rings. The van der Waals surface area contributed by atoms with Crippen LogP contribution in [0.3, 0.4) is 0 Å². The van der Waals surface area contributed by atoms with E-state index in [1.54, 1.807) is 12.1 Å². The number of carbonyl (C=O) groups is 1. The van der Waals surface area contributed by atoms with E-state index in [9.17, 15) is 9.18 Å². The molecule has 3 atom stereocenters. The van der Waals surface area contributed by atoms with Gasteiger partial charge in [0.1, 0.15) is 11.9 Å². The summed E-state index contributed by atoms with van der Waals surface area (Å²) in [6.45, 7) is 4.76. The Bertz CT molecular complexity index is 536. The molecule has 2 heterocycles. The molecule has 0 bridgehead atoms. The van der Waals surface area contributed by atoms with E-state index >= 15 is 0 Å². The fourth-order valence-corrected chi connectivity index (χ4v) is 3.45. The van der Waals surface area contributed by atoms with Crippen molar-refractivity contribution in [3.8, 4) is 0 Å². The van der Waals surface area contributed by atoms with Gasteiger partial charge in [0, 0.05) is 25.2 Å². The second kappa shape index (κ2) is 8.76. The summed E-state index contributed by atoms with van der Waals surface area (Å²) >= 11 is 0. The first-order valence-electron chi connectivity index (χ1n) is 8.46. The zero-order valence-corrected chi connectivity index (χ0v) is 14.7. The minimum absolute atomic E-state index is 0. The fraction of sp³-hybridized carbons (Fsp3) is 0.588. The molecule has 2 fully saturated rings. The van der Waals surface area contributed by atoms with Crippen LogP contribution < -0.4 is 16.2 Å². The Hall–Kier alpha value is -1.21. The zero-order valence-electron chi connectivity index (χ0n) is 13.9. The van der Waals surface area contributed by atoms with Gasteiger partial charge in [0.15, 0.2) is 0 Å². The van der Waals surface area contributed by atoms with Crippen LogP contribution in [0.5, 0.6) is 0 Å². The maximum Gasteiger partial charge on any atom is 0.241 e. The number of hydrazine groups is 1. The highest BCUT2D eigenvalue weighted by atomic mass is 35.5. The van der Waals surface area contributed by atoms with Crippen LogP contribution in [0.2, 0.25) is 0 Å². The number of benzene rings is 1. The highest BCUT2D eigenvalue weighted by Gasteiger charge is 2.35. The molecule has 0 spiro atoms. The molecule has 1 amide bonds. The van der Waals surface area contributed by atoms with Crippen molar-refractivity contribution in [2.24, 2.45) is 0 Å². The predicted octanol–water partition coefficient (Wildman–Crippen LogP) is 1.76. The summed E-state index contributed by atoms with van der Waals surface area (Å²) in [6, 6.07) is 6.57. The van der Waals surface area contributed by atoms with Crippen LogP contribution in [0.1, 0.15) is 37.8 Å². The molecule has 3 N–H and O–H groups in total. The van der Waals surface area contributed by atoms with Crippen molar-refractivity contribution in [2.45, 2.75) is 44.3 Å². The highest BCUT2D eigenvalue weighted by Crippen LogP contribution is 2.24. The molecular weight excluding hydrogens is 331 g/mol. The number of hydrogen-bond donors (Lipinski definition) is 3. The lowest BCUT2D eigenvalue weighted by molar-refractivity contribution is -0.135. The van der Waals surface area contributed by atoms with E-state index in [2.05, 4.69) is 23.1 Å². The lowest BCUT2D eigenvalue weighted by Gasteiger charge is -2.30. The third kappa shape index (κ3) is 4.25. The third-order valence-corrected chi connectivity index (χ3v) is 4.70. The Morgan fingerprint density at radius 2 is 2.04 bits per heavy atom. The fourth-order valence-electron chi connectivity index (χ4n) is 3.45. The van der Waals surface area contributed by atoms with Crippen molar-refractivity contribution < 1.29 is 9.18 Å². The van der Waals surface area contributed by atoms with Crippen molar-refractivity contribution in [1.29, 1.82) is 0 Å². The lowest BCUT2D eigenvalue weighted by Crippen LogP contribution is -2.50. The average Bonchev–Trinajstić information content (AvgIpc) is 3.24. The number of nitrogens with zero attached hydrogens (tertiary/aromatic N) is 1. The molecule has 2 aliphatic heterocycles. The van der Waals surface area contributed by atoms with Crippen LogP contribution in [-0.4, -0.2) is 42.5 Å². The van der Waals surface area contributed by atoms with Gasteiger partial charge in [-0.25, -0.2) is 15.2 Å². The van der Waals surface area contributed by atoms with Crippen LogP contribution in [0, 0.1) is 5.82 Å². The van der Waals surface area contributed by atoms with Crippen molar-refractivity contribution in [2.75, 3.05) is 19.6 Å². The largest absolute Gasteiger partial charge is 0.337 e. The molecule has 2 saturated heterocycles. The highest BCUT2D eigenvalue weighted by molar-refractivity contribution is 5.85. The first-order valence-corrected chi connectivity index (χ1v) is 8.46. The van der Waals surface area contributed by atoms with Crippen LogP contribution in [-0.2, 0) is 4.79 Å². The molecule has 3 rings (SSSR count). The Morgan fingerprint density at radius 1 is 1.29 bits per heavy atom. The summed E-state index contributed by atoms with van der Waals surface area (Å²) < 4.78 is 13.0. The maximum absolute atomic E-state index is 13.0. The number of halogens is 2. The molecule has 0 aromatic heterocycles. The molecule has 0 saturated carbocycles. The summed E-state index contributed by atoms with van der Waals surface area (Å²) in [5.74, 6) is -0.0761. The molecule has 1 aromatic carbocycles. The van der Waals surface area contributed by atoms with E-state index in [1.165, 1.54) is 12.1 Å². The summed E-state index contributed by atoms with van der Waals surface area (Å²) in [6.07, 6.45) is 2.67. The molecule has 24 heavy (non-hydrogen) atoms. The quantitative estimate of drug-likeness (QED) is 0.752. The standard InChI is InChI=1S/C17H25FN4O.ClH/c1-2-9-22(14-7-8-19-11-14)17(23)16-10-15(20-21-16)12-3-5-13(18)6-4-12;/h3-6,14-16,19-21H,2,7-11H2,1H3;1H. The maximum atomic E-state index is 13.0. The van der Waals surface area contributed by atoms with Gasteiger partial charge in [0.25, 0.3) is 0 Å². The lowest BCUT2D eigenvalue weighted by atomic mass is 10.0. The number of nitrogens with one attached hydrogen (secondary N) is 3. The van der Waals surface area contributed by atoms with Crippen LogP contribution >= 0.6 is 12.4 Å². The smallest absolute Gasteiger partial charge is 0.241 e. The van der Waals surface area contributed by atoms with Gasteiger partial charge in [0.05, 0.1) is 0 Å². The molecule has 7 heteroatoms. The van der Waals surface area contributed by atoms with Gasteiger partial charge < -0.3 is 10.2 Å². The second-order valence-electron chi connectivity index (χ2n) is 6.36. The average molecular weight is 357 g/mol. The number of hydrogen-bond acceptors (Lipinski definition) is 4. The first kappa shape index (κ1) is 19.1. The van der Waals surface area contributed by atoms with Crippen molar-refractivity contribution in [3.63, 3.8) is 0 Å². The van der Waals surface area contributed by atoms with Crippen molar-refractivity contribution in [1.82, 2.24) is 21.1 Å². The zero-order chi connectivity index (χ0) is 16.2. The van der Waals surface area contributed by atoms with Crippen LogP contribution in [0.15, 0.2) is 24.3 Å². The summed E-state index contributed by atoms with van der Waals surface area (Å²) in [5.41, 5.74) is 7.30. The third-order valence-electron chi connectivity index (χ3n) is 4.70. The summed E-state index contributed by atoms with van der Waals surface area (Å²) in [5, 5.41) is 3.33. The van der Waals surface area contributed by atoms with Crippen LogP contribution in [0.4, 0.5) is 4.39 Å². The predicted molar refractivity (Wildman–Crippen MR) is 94.3 cm³/mol. The Balaban J connectivity index is 0.00000208. The monoisotopic (exact) mass is 356 g/mol. The number of carbonyl (C=O) groups excluding carboxylic acids is 1. The molecule has 1 aromatic rings. The van der Waals surface area contributed by atoms with E-state index < -0.39 is 0 Å². The van der Waals surface area contributed by atoms with Gasteiger partial charge in [-0.2, -0.15) is 0 Å². The van der Waals surface area contributed by atoms with Gasteiger partial charge in [-0.05, 0) is 43.5 Å². The molecular formula is C17H26ClFN4O. The normalized spacial score (nSPS) is 26.2. The molecule has 5 nitrogen and oxygen atoms in total.